The number of carbonyl (C=O) groups excluding carboxylic acids is 1. The summed E-state index contributed by atoms with van der Waals surface area (Å²) in [5.74, 6) is -0.419. The van der Waals surface area contributed by atoms with Crippen LogP contribution < -0.4 is 0 Å². The van der Waals surface area contributed by atoms with E-state index in [9.17, 15) is 9.59 Å². The zero-order chi connectivity index (χ0) is 13.8. The van der Waals surface area contributed by atoms with Crippen LogP contribution in [-0.2, 0) is 9.53 Å². The number of aromatic nitrogens is 1. The minimum Gasteiger partial charge on any atom is -0.464 e. The molecule has 2 rings (SSSR count). The normalized spacial score (nSPS) is 11.0. The van der Waals surface area contributed by atoms with Crippen LogP contribution in [0.15, 0.2) is 36.5 Å². The predicted octanol–water partition coefficient (Wildman–Crippen LogP) is 2.74. The van der Waals surface area contributed by atoms with Gasteiger partial charge in [-0.15, -0.1) is 0 Å². The van der Waals surface area contributed by atoms with Gasteiger partial charge in [0.15, 0.2) is 0 Å². The predicted molar refractivity (Wildman–Crippen MR) is 71.0 cm³/mol. The molecule has 0 bridgehead atoms. The summed E-state index contributed by atoms with van der Waals surface area (Å²) in [5.41, 5.74) is 1.35. The number of benzene rings is 1. The quantitative estimate of drug-likeness (QED) is 0.679. The van der Waals surface area contributed by atoms with Gasteiger partial charge in [-0.3, -0.25) is 4.57 Å². The van der Waals surface area contributed by atoms with E-state index in [1.165, 1.54) is 12.3 Å². The molecule has 0 atom stereocenters. The Morgan fingerprint density at radius 2 is 2.16 bits per heavy atom. The van der Waals surface area contributed by atoms with E-state index in [4.69, 9.17) is 9.84 Å². The van der Waals surface area contributed by atoms with Gasteiger partial charge in [0, 0.05) is 17.7 Å². The number of carboxylic acid groups (broad SMARTS) is 1. The molecule has 1 N–H and O–H groups in total. The first-order chi connectivity index (χ1) is 9.13. The first-order valence-corrected chi connectivity index (χ1v) is 5.81. The fourth-order valence-corrected chi connectivity index (χ4v) is 1.85. The van der Waals surface area contributed by atoms with Crippen molar-refractivity contribution in [2.24, 2.45) is 0 Å². The fraction of sp³-hybridized carbons (Fsp3) is 0.143. The largest absolute Gasteiger partial charge is 0.464 e. The molecule has 0 amide bonds. The molecule has 1 aromatic carbocycles. The number of ether oxygens (including phenoxy) is 1. The first-order valence-electron chi connectivity index (χ1n) is 5.81. The van der Waals surface area contributed by atoms with Crippen LogP contribution in [0.25, 0.3) is 17.0 Å². The number of hydrogen-bond acceptors (Lipinski definition) is 3. The average molecular weight is 259 g/mol. The smallest absolute Gasteiger partial charge is 0.415 e. The molecule has 0 saturated heterocycles. The zero-order valence-corrected chi connectivity index (χ0v) is 10.4. The summed E-state index contributed by atoms with van der Waals surface area (Å²) in [6.07, 6.45) is 3.39. The van der Waals surface area contributed by atoms with Crippen molar-refractivity contribution in [3.8, 4) is 0 Å². The lowest BCUT2D eigenvalue weighted by Gasteiger charge is -2.00. The summed E-state index contributed by atoms with van der Waals surface area (Å²) in [6, 6.07) is 6.97. The number of rotatable bonds is 3. The average Bonchev–Trinajstić information content (AvgIpc) is 2.81. The number of esters is 1. The third kappa shape index (κ3) is 2.65. The van der Waals surface area contributed by atoms with Gasteiger partial charge in [0.2, 0.25) is 0 Å². The van der Waals surface area contributed by atoms with Gasteiger partial charge in [0.05, 0.1) is 12.1 Å². The van der Waals surface area contributed by atoms with Gasteiger partial charge in [-0.05, 0) is 30.7 Å². The highest BCUT2D eigenvalue weighted by molar-refractivity contribution is 5.96. The van der Waals surface area contributed by atoms with Crippen molar-refractivity contribution in [3.63, 3.8) is 0 Å². The molecule has 0 fully saturated rings. The minimum absolute atomic E-state index is 0.322. The number of nitrogens with zero attached hydrogens (tertiary/aromatic N) is 1. The molecule has 2 aromatic rings. The van der Waals surface area contributed by atoms with Crippen LogP contribution in [0.1, 0.15) is 12.5 Å². The highest BCUT2D eigenvalue weighted by atomic mass is 16.5. The van der Waals surface area contributed by atoms with Crippen molar-refractivity contribution in [2.45, 2.75) is 6.92 Å². The molecule has 5 heteroatoms. The van der Waals surface area contributed by atoms with E-state index in [2.05, 4.69) is 0 Å². The van der Waals surface area contributed by atoms with Crippen molar-refractivity contribution in [1.29, 1.82) is 0 Å². The Kier molecular flexibility index (Phi) is 3.66. The number of hydrogen-bond donors (Lipinski definition) is 1. The van der Waals surface area contributed by atoms with Crippen molar-refractivity contribution in [1.82, 2.24) is 4.57 Å². The number of fused-ring (bicyclic) bond motifs is 1. The molecule has 1 aromatic heterocycles. The van der Waals surface area contributed by atoms with Crippen molar-refractivity contribution in [3.05, 3.63) is 42.1 Å². The second-order valence-corrected chi connectivity index (χ2v) is 3.83. The van der Waals surface area contributed by atoms with Crippen molar-refractivity contribution < 1.29 is 19.4 Å². The summed E-state index contributed by atoms with van der Waals surface area (Å²) in [4.78, 5) is 22.3. The summed E-state index contributed by atoms with van der Waals surface area (Å²) >= 11 is 0. The van der Waals surface area contributed by atoms with E-state index in [0.29, 0.717) is 12.1 Å². The molecule has 0 saturated carbocycles. The molecule has 0 spiro atoms. The van der Waals surface area contributed by atoms with Crippen molar-refractivity contribution >= 4 is 29.0 Å². The lowest BCUT2D eigenvalue weighted by molar-refractivity contribution is -0.137. The molecule has 0 aliphatic carbocycles. The van der Waals surface area contributed by atoms with E-state index < -0.39 is 12.1 Å². The van der Waals surface area contributed by atoms with Crippen LogP contribution in [0.5, 0.6) is 0 Å². The fourth-order valence-electron chi connectivity index (χ4n) is 1.85. The molecule has 0 aliphatic rings. The van der Waals surface area contributed by atoms with Gasteiger partial charge >= 0.3 is 12.1 Å². The molecule has 98 valence electrons. The van der Waals surface area contributed by atoms with Crippen LogP contribution in [-0.4, -0.2) is 28.3 Å². The van der Waals surface area contributed by atoms with Crippen LogP contribution >= 0.6 is 0 Å². The molecule has 0 aliphatic heterocycles. The summed E-state index contributed by atoms with van der Waals surface area (Å²) in [5, 5.41) is 9.79. The van der Waals surface area contributed by atoms with Gasteiger partial charge in [0.25, 0.3) is 0 Å². The second kappa shape index (κ2) is 5.39. The second-order valence-electron chi connectivity index (χ2n) is 3.83. The SMILES string of the molecule is CCOC(=O)/C=C/c1cccc2c1ccn2C(=O)O. The number of carbonyl (C=O) groups is 2. The van der Waals surface area contributed by atoms with E-state index >= 15 is 0 Å². The topological polar surface area (TPSA) is 68.5 Å². The monoisotopic (exact) mass is 259 g/mol. The maximum Gasteiger partial charge on any atom is 0.415 e. The Morgan fingerprint density at radius 1 is 1.37 bits per heavy atom. The Labute approximate surface area is 109 Å². The lowest BCUT2D eigenvalue weighted by Crippen LogP contribution is -2.05. The summed E-state index contributed by atoms with van der Waals surface area (Å²) in [6.45, 7) is 2.06. The molecular weight excluding hydrogens is 246 g/mol. The lowest BCUT2D eigenvalue weighted by atomic mass is 10.1. The van der Waals surface area contributed by atoms with E-state index in [1.54, 1.807) is 31.2 Å². The highest BCUT2D eigenvalue weighted by Gasteiger charge is 2.08. The van der Waals surface area contributed by atoms with Gasteiger partial charge in [0.1, 0.15) is 0 Å². The maximum atomic E-state index is 11.3. The van der Waals surface area contributed by atoms with Crippen molar-refractivity contribution in [2.75, 3.05) is 6.61 Å². The Hall–Kier alpha value is -2.56. The maximum absolute atomic E-state index is 11.3. The molecule has 19 heavy (non-hydrogen) atoms. The summed E-state index contributed by atoms with van der Waals surface area (Å²) in [7, 11) is 0. The third-order valence-electron chi connectivity index (χ3n) is 2.66. The van der Waals surface area contributed by atoms with Crippen LogP contribution in [0.3, 0.4) is 0 Å². The van der Waals surface area contributed by atoms with Crippen LogP contribution in [0.2, 0.25) is 0 Å². The van der Waals surface area contributed by atoms with Gasteiger partial charge < -0.3 is 9.84 Å². The molecule has 1 heterocycles. The van der Waals surface area contributed by atoms with E-state index in [0.717, 1.165) is 15.5 Å². The Bertz CT molecular complexity index is 655. The van der Waals surface area contributed by atoms with E-state index in [1.807, 2.05) is 6.07 Å². The molecule has 0 unspecified atom stereocenters. The molecule has 0 radical (unpaired) electrons. The van der Waals surface area contributed by atoms with Gasteiger partial charge in [-0.25, -0.2) is 9.59 Å². The molecule has 5 nitrogen and oxygen atoms in total. The van der Waals surface area contributed by atoms with Crippen LogP contribution in [0, 0.1) is 0 Å². The van der Waals surface area contributed by atoms with Gasteiger partial charge in [-0.2, -0.15) is 0 Å². The van der Waals surface area contributed by atoms with Gasteiger partial charge in [-0.1, -0.05) is 12.1 Å². The first kappa shape index (κ1) is 12.9. The zero-order valence-electron chi connectivity index (χ0n) is 10.4. The Morgan fingerprint density at radius 3 is 2.84 bits per heavy atom. The van der Waals surface area contributed by atoms with E-state index in [-0.39, 0.29) is 0 Å². The standard InChI is InChI=1S/C14H13NO4/c1-2-19-13(16)7-6-10-4-3-5-12-11(10)8-9-15(12)14(17)18/h3-9H,2H2,1H3,(H,17,18)/b7-6+. The highest BCUT2D eigenvalue weighted by Crippen LogP contribution is 2.21. The minimum atomic E-state index is -1.04. The van der Waals surface area contributed by atoms with Crippen LogP contribution in [0.4, 0.5) is 4.79 Å². The molecular formula is C14H13NO4. The third-order valence-corrected chi connectivity index (χ3v) is 2.66. The summed E-state index contributed by atoms with van der Waals surface area (Å²) < 4.78 is 5.93. The Balaban J connectivity index is 2.40.